The fourth-order valence-corrected chi connectivity index (χ4v) is 2.61. The van der Waals surface area contributed by atoms with Gasteiger partial charge in [-0.2, -0.15) is 0 Å². The van der Waals surface area contributed by atoms with E-state index in [1.165, 1.54) is 4.88 Å². The predicted molar refractivity (Wildman–Crippen MR) is 68.6 cm³/mol. The van der Waals surface area contributed by atoms with E-state index in [0.29, 0.717) is 13.2 Å². The summed E-state index contributed by atoms with van der Waals surface area (Å²) < 4.78 is 5.33. The molecule has 0 saturated carbocycles. The lowest BCUT2D eigenvalue weighted by atomic mass is 10.2. The Morgan fingerprint density at radius 1 is 1.65 bits per heavy atom. The van der Waals surface area contributed by atoms with E-state index in [9.17, 15) is 4.79 Å². The monoisotopic (exact) mass is 254 g/mol. The van der Waals surface area contributed by atoms with Crippen LogP contribution in [0.5, 0.6) is 0 Å². The second-order valence-electron chi connectivity index (χ2n) is 4.06. The van der Waals surface area contributed by atoms with Crippen LogP contribution in [0.1, 0.15) is 21.5 Å². The van der Waals surface area contributed by atoms with Crippen LogP contribution in [-0.2, 0) is 11.2 Å². The van der Waals surface area contributed by atoms with Gasteiger partial charge in [-0.3, -0.25) is 4.79 Å². The first-order valence-corrected chi connectivity index (χ1v) is 6.79. The summed E-state index contributed by atoms with van der Waals surface area (Å²) in [4.78, 5) is 13.9. The minimum Gasteiger partial charge on any atom is -0.378 e. The van der Waals surface area contributed by atoms with Crippen molar-refractivity contribution < 1.29 is 9.53 Å². The Labute approximate surface area is 105 Å². The van der Waals surface area contributed by atoms with Gasteiger partial charge in [0.1, 0.15) is 0 Å². The molecule has 0 aliphatic carbocycles. The lowest BCUT2D eigenvalue weighted by Gasteiger charge is -2.23. The van der Waals surface area contributed by atoms with Crippen LogP contribution >= 0.6 is 11.3 Å². The number of carbonyl (C=O) groups excluding carboxylic acids is 1. The highest BCUT2D eigenvalue weighted by molar-refractivity contribution is 7.14. The van der Waals surface area contributed by atoms with Gasteiger partial charge >= 0.3 is 0 Å². The molecule has 1 atom stereocenters. The smallest absolute Gasteiger partial charge is 0.261 e. The quantitative estimate of drug-likeness (QED) is 0.844. The highest BCUT2D eigenvalue weighted by atomic mass is 32.1. The molecule has 1 aromatic heterocycles. The zero-order valence-corrected chi connectivity index (χ0v) is 10.8. The summed E-state index contributed by atoms with van der Waals surface area (Å²) in [5.74, 6) is 0.0158. The van der Waals surface area contributed by atoms with E-state index >= 15 is 0 Å². The van der Waals surface area contributed by atoms with Gasteiger partial charge in [-0.15, -0.1) is 11.3 Å². The maximum absolute atomic E-state index is 11.8. The number of hydrogen-bond donors (Lipinski definition) is 2. The Kier molecular flexibility index (Phi) is 4.53. The van der Waals surface area contributed by atoms with E-state index in [0.717, 1.165) is 24.4 Å². The number of thiophene rings is 1. The van der Waals surface area contributed by atoms with Crippen LogP contribution in [-0.4, -0.2) is 38.3 Å². The van der Waals surface area contributed by atoms with Gasteiger partial charge in [0.15, 0.2) is 0 Å². The summed E-state index contributed by atoms with van der Waals surface area (Å²) >= 11 is 1.56. The highest BCUT2D eigenvalue weighted by Gasteiger charge is 2.15. The summed E-state index contributed by atoms with van der Waals surface area (Å²) in [5, 5.41) is 6.24. The molecule has 4 nitrogen and oxygen atoms in total. The van der Waals surface area contributed by atoms with Crippen LogP contribution in [0.4, 0.5) is 0 Å². The van der Waals surface area contributed by atoms with Crippen molar-refractivity contribution in [3.63, 3.8) is 0 Å². The Hall–Kier alpha value is -0.910. The van der Waals surface area contributed by atoms with Crippen LogP contribution in [0.3, 0.4) is 0 Å². The third-order valence-corrected chi connectivity index (χ3v) is 3.97. The number of rotatable bonds is 4. The summed E-state index contributed by atoms with van der Waals surface area (Å²) in [6.07, 6.45) is 0.982. The Morgan fingerprint density at radius 2 is 2.53 bits per heavy atom. The lowest BCUT2D eigenvalue weighted by molar-refractivity contribution is 0.0735. The van der Waals surface area contributed by atoms with E-state index in [-0.39, 0.29) is 11.9 Å². The lowest BCUT2D eigenvalue weighted by Crippen LogP contribution is -2.48. The van der Waals surface area contributed by atoms with Gasteiger partial charge in [-0.25, -0.2) is 0 Å². The maximum Gasteiger partial charge on any atom is 0.261 e. The second-order valence-corrected chi connectivity index (χ2v) is 5.22. The van der Waals surface area contributed by atoms with Crippen molar-refractivity contribution in [2.45, 2.75) is 19.4 Å². The molecule has 1 aliphatic heterocycles. The van der Waals surface area contributed by atoms with Crippen LogP contribution in [0, 0.1) is 0 Å². The van der Waals surface area contributed by atoms with Gasteiger partial charge in [0.05, 0.1) is 18.1 Å². The first-order chi connectivity index (χ1) is 8.29. The van der Waals surface area contributed by atoms with Gasteiger partial charge in [-0.1, -0.05) is 6.92 Å². The molecule has 5 heteroatoms. The molecule has 0 bridgehead atoms. The topological polar surface area (TPSA) is 50.4 Å². The molecule has 1 unspecified atom stereocenters. The van der Waals surface area contributed by atoms with Crippen LogP contribution in [0.2, 0.25) is 0 Å². The van der Waals surface area contributed by atoms with Crippen molar-refractivity contribution in [1.82, 2.24) is 10.6 Å². The molecule has 1 aromatic rings. The normalized spacial score (nSPS) is 20.2. The van der Waals surface area contributed by atoms with Gasteiger partial charge in [-0.05, 0) is 18.6 Å². The fraction of sp³-hybridized carbons (Fsp3) is 0.583. The number of carbonyl (C=O) groups is 1. The number of nitrogens with one attached hydrogen (secondary N) is 2. The summed E-state index contributed by atoms with van der Waals surface area (Å²) in [7, 11) is 0. The zero-order valence-electron chi connectivity index (χ0n) is 9.99. The fourth-order valence-electron chi connectivity index (χ4n) is 1.74. The molecule has 0 spiro atoms. The van der Waals surface area contributed by atoms with E-state index in [4.69, 9.17) is 4.74 Å². The molecule has 17 heavy (non-hydrogen) atoms. The Balaban J connectivity index is 1.80. The number of amides is 1. The summed E-state index contributed by atoms with van der Waals surface area (Å²) in [5.41, 5.74) is 0. The van der Waals surface area contributed by atoms with E-state index in [1.54, 1.807) is 11.3 Å². The van der Waals surface area contributed by atoms with E-state index < -0.39 is 0 Å². The van der Waals surface area contributed by atoms with Crippen LogP contribution in [0.25, 0.3) is 0 Å². The van der Waals surface area contributed by atoms with Crippen LogP contribution in [0.15, 0.2) is 12.1 Å². The molecule has 94 valence electrons. The van der Waals surface area contributed by atoms with Gasteiger partial charge in [0.2, 0.25) is 0 Å². The summed E-state index contributed by atoms with van der Waals surface area (Å²) in [6, 6.07) is 4.14. The van der Waals surface area contributed by atoms with Gasteiger partial charge < -0.3 is 15.4 Å². The zero-order chi connectivity index (χ0) is 12.1. The minimum absolute atomic E-state index is 0.0158. The van der Waals surface area contributed by atoms with Crippen molar-refractivity contribution in [1.29, 1.82) is 0 Å². The molecule has 0 aromatic carbocycles. The largest absolute Gasteiger partial charge is 0.378 e. The Bertz CT molecular complexity index is 372. The number of ether oxygens (including phenoxy) is 1. The Morgan fingerprint density at radius 3 is 3.18 bits per heavy atom. The molecule has 1 aliphatic rings. The predicted octanol–water partition coefficient (Wildman–Crippen LogP) is 1.03. The van der Waals surface area contributed by atoms with E-state index in [2.05, 4.69) is 17.6 Å². The maximum atomic E-state index is 11.8. The standard InChI is InChI=1S/C12H18N2O2S/c1-2-10-3-4-11(17-10)12(15)14-7-9-8-16-6-5-13-9/h3-4,9,13H,2,5-8H2,1H3,(H,14,15). The number of hydrogen-bond acceptors (Lipinski definition) is 4. The van der Waals surface area contributed by atoms with Crippen molar-refractivity contribution in [2.24, 2.45) is 0 Å². The molecule has 1 saturated heterocycles. The SMILES string of the molecule is CCc1ccc(C(=O)NCC2COCCN2)s1. The highest BCUT2D eigenvalue weighted by Crippen LogP contribution is 2.16. The molecular formula is C12H18N2O2S. The minimum atomic E-state index is 0.0158. The van der Waals surface area contributed by atoms with Gasteiger partial charge in [0.25, 0.3) is 5.91 Å². The van der Waals surface area contributed by atoms with Crippen molar-refractivity contribution >= 4 is 17.2 Å². The molecule has 2 N–H and O–H groups in total. The third kappa shape index (κ3) is 3.52. The first kappa shape index (κ1) is 12.5. The second kappa shape index (κ2) is 6.14. The number of aryl methyl sites for hydroxylation is 1. The van der Waals surface area contributed by atoms with E-state index in [1.807, 2.05) is 12.1 Å². The molecule has 0 radical (unpaired) electrons. The number of morpholine rings is 1. The molecule has 1 amide bonds. The third-order valence-electron chi connectivity index (χ3n) is 2.74. The molecule has 2 rings (SSSR count). The average Bonchev–Trinajstić information content (AvgIpc) is 2.86. The van der Waals surface area contributed by atoms with Gasteiger partial charge in [0, 0.05) is 24.0 Å². The van der Waals surface area contributed by atoms with Crippen LogP contribution < -0.4 is 10.6 Å². The van der Waals surface area contributed by atoms with Crippen molar-refractivity contribution in [2.75, 3.05) is 26.3 Å². The molecule has 1 fully saturated rings. The average molecular weight is 254 g/mol. The van der Waals surface area contributed by atoms with Crippen molar-refractivity contribution in [3.05, 3.63) is 21.9 Å². The molecule has 2 heterocycles. The molecular weight excluding hydrogens is 236 g/mol. The van der Waals surface area contributed by atoms with Crippen molar-refractivity contribution in [3.8, 4) is 0 Å². The summed E-state index contributed by atoms with van der Waals surface area (Å²) in [6.45, 7) is 5.01. The first-order valence-electron chi connectivity index (χ1n) is 5.97.